The predicted molar refractivity (Wildman–Crippen MR) is 70.3 cm³/mol. The molecule has 0 saturated carbocycles. The lowest BCUT2D eigenvalue weighted by Crippen LogP contribution is -2.35. The first-order chi connectivity index (χ1) is 9.52. The van der Waals surface area contributed by atoms with Gasteiger partial charge in [0.15, 0.2) is 0 Å². The first-order valence-electron chi connectivity index (χ1n) is 5.84. The third-order valence-electron chi connectivity index (χ3n) is 3.09. The number of methoxy groups -OCH3 is 2. The van der Waals surface area contributed by atoms with E-state index in [2.05, 4.69) is 4.74 Å². The van der Waals surface area contributed by atoms with Crippen LogP contribution in [0.25, 0.3) is 10.9 Å². The van der Waals surface area contributed by atoms with Crippen molar-refractivity contribution in [1.82, 2.24) is 0 Å². The highest BCUT2D eigenvalue weighted by Crippen LogP contribution is 2.23. The van der Waals surface area contributed by atoms with Gasteiger partial charge in [-0.3, -0.25) is 0 Å². The van der Waals surface area contributed by atoms with E-state index in [0.717, 1.165) is 0 Å². The summed E-state index contributed by atoms with van der Waals surface area (Å²) in [7, 11) is 2.40. The second-order valence-electron chi connectivity index (χ2n) is 4.13. The van der Waals surface area contributed by atoms with Crippen LogP contribution in [0.5, 0.6) is 0 Å². The maximum atomic E-state index is 12.2. The molecule has 0 atom stereocenters. The van der Waals surface area contributed by atoms with E-state index in [-0.39, 0.29) is 22.3 Å². The van der Waals surface area contributed by atoms with E-state index >= 15 is 0 Å². The van der Waals surface area contributed by atoms with Crippen LogP contribution in [0.4, 0.5) is 0 Å². The molecule has 0 aliphatic heterocycles. The molecule has 0 fully saturated rings. The van der Waals surface area contributed by atoms with Crippen molar-refractivity contribution in [1.29, 1.82) is 0 Å². The Morgan fingerprint density at radius 2 is 1.60 bits per heavy atom. The standard InChI is InChI=1S/C14H13NO5/c1-8-11(13(16)19-2)12(14(17)20-3)9-6-4-5-7-10(9)15(8)18/h4-7H,1-3H3. The summed E-state index contributed by atoms with van der Waals surface area (Å²) in [5, 5.41) is 12.5. The topological polar surface area (TPSA) is 79.5 Å². The van der Waals surface area contributed by atoms with Crippen molar-refractivity contribution in [3.05, 3.63) is 46.3 Å². The Labute approximate surface area is 115 Å². The van der Waals surface area contributed by atoms with Gasteiger partial charge in [0.1, 0.15) is 5.56 Å². The van der Waals surface area contributed by atoms with Gasteiger partial charge in [0.05, 0.1) is 25.2 Å². The summed E-state index contributed by atoms with van der Waals surface area (Å²) in [6.45, 7) is 1.46. The molecule has 1 aromatic heterocycles. The third kappa shape index (κ3) is 1.95. The summed E-state index contributed by atoms with van der Waals surface area (Å²) in [5.74, 6) is -1.44. The number of rotatable bonds is 2. The molecule has 0 saturated heterocycles. The smallest absolute Gasteiger partial charge is 0.345 e. The van der Waals surface area contributed by atoms with E-state index in [1.165, 1.54) is 21.1 Å². The van der Waals surface area contributed by atoms with Crippen molar-refractivity contribution in [2.75, 3.05) is 14.2 Å². The number of nitrogens with zero attached hydrogens (tertiary/aromatic N) is 1. The number of benzene rings is 1. The number of para-hydroxylation sites is 1. The van der Waals surface area contributed by atoms with Crippen LogP contribution in [-0.2, 0) is 9.47 Å². The van der Waals surface area contributed by atoms with Gasteiger partial charge in [-0.15, -0.1) is 0 Å². The van der Waals surface area contributed by atoms with Crippen molar-refractivity contribution < 1.29 is 23.8 Å². The molecule has 6 heteroatoms. The van der Waals surface area contributed by atoms with Crippen LogP contribution in [0.2, 0.25) is 0 Å². The molecular formula is C14H13NO5. The molecule has 0 radical (unpaired) electrons. The Balaban J connectivity index is 2.99. The Hall–Kier alpha value is -2.63. The Bertz CT molecular complexity index is 708. The highest BCUT2D eigenvalue weighted by atomic mass is 16.5. The first-order valence-corrected chi connectivity index (χ1v) is 5.84. The van der Waals surface area contributed by atoms with Gasteiger partial charge in [-0.2, -0.15) is 4.73 Å². The normalized spacial score (nSPS) is 10.3. The zero-order chi connectivity index (χ0) is 14.9. The van der Waals surface area contributed by atoms with E-state index in [4.69, 9.17) is 4.74 Å². The van der Waals surface area contributed by atoms with Crippen LogP contribution in [0, 0.1) is 12.1 Å². The SMILES string of the molecule is COC(=O)c1c(C(=O)OC)c2ccccc2[n+]([O-])c1C. The summed E-state index contributed by atoms with van der Waals surface area (Å²) in [6.07, 6.45) is 0. The summed E-state index contributed by atoms with van der Waals surface area (Å²) < 4.78 is 9.98. The molecule has 0 spiro atoms. The van der Waals surface area contributed by atoms with Gasteiger partial charge in [0, 0.05) is 13.0 Å². The average molecular weight is 275 g/mol. The van der Waals surface area contributed by atoms with Gasteiger partial charge in [-0.05, 0) is 6.07 Å². The lowest BCUT2D eigenvalue weighted by atomic mass is 10.0. The zero-order valence-electron chi connectivity index (χ0n) is 11.3. The lowest BCUT2D eigenvalue weighted by molar-refractivity contribution is -0.584. The van der Waals surface area contributed by atoms with Crippen LogP contribution in [-0.4, -0.2) is 26.2 Å². The van der Waals surface area contributed by atoms with E-state index in [9.17, 15) is 14.8 Å². The highest BCUT2D eigenvalue weighted by Gasteiger charge is 2.30. The monoisotopic (exact) mass is 275 g/mol. The predicted octanol–water partition coefficient (Wildman–Crippen LogP) is 1.35. The van der Waals surface area contributed by atoms with Gasteiger partial charge in [-0.25, -0.2) is 9.59 Å². The maximum absolute atomic E-state index is 12.2. The summed E-state index contributed by atoms with van der Waals surface area (Å²) >= 11 is 0. The van der Waals surface area contributed by atoms with Crippen molar-refractivity contribution in [2.24, 2.45) is 0 Å². The fourth-order valence-electron chi connectivity index (χ4n) is 2.13. The summed E-state index contributed by atoms with van der Waals surface area (Å²) in [4.78, 5) is 23.9. The second kappa shape index (κ2) is 5.16. The van der Waals surface area contributed by atoms with Crippen LogP contribution in [0.1, 0.15) is 26.4 Å². The van der Waals surface area contributed by atoms with E-state index in [1.54, 1.807) is 24.3 Å². The minimum absolute atomic E-state index is 0.0413. The number of carbonyl (C=O) groups excluding carboxylic acids is 2. The van der Waals surface area contributed by atoms with E-state index < -0.39 is 11.9 Å². The number of carbonyl (C=O) groups is 2. The Kier molecular flexibility index (Phi) is 3.56. The number of pyridine rings is 1. The van der Waals surface area contributed by atoms with Crippen molar-refractivity contribution in [2.45, 2.75) is 6.92 Å². The number of fused-ring (bicyclic) bond motifs is 1. The molecule has 1 heterocycles. The molecule has 1 aromatic carbocycles. The molecule has 0 amide bonds. The van der Waals surface area contributed by atoms with E-state index in [1.807, 2.05) is 0 Å². The zero-order valence-corrected chi connectivity index (χ0v) is 11.3. The molecule has 20 heavy (non-hydrogen) atoms. The minimum atomic E-state index is -0.752. The molecule has 0 aliphatic carbocycles. The van der Waals surface area contributed by atoms with Gasteiger partial charge >= 0.3 is 11.9 Å². The molecule has 104 valence electrons. The van der Waals surface area contributed by atoms with Crippen LogP contribution in [0.3, 0.4) is 0 Å². The number of ether oxygens (including phenoxy) is 2. The molecular weight excluding hydrogens is 262 g/mol. The van der Waals surface area contributed by atoms with Crippen molar-refractivity contribution in [3.8, 4) is 0 Å². The van der Waals surface area contributed by atoms with Crippen LogP contribution < -0.4 is 4.73 Å². The quantitative estimate of drug-likeness (QED) is 0.469. The largest absolute Gasteiger partial charge is 0.618 e. The van der Waals surface area contributed by atoms with Crippen LogP contribution >= 0.6 is 0 Å². The molecule has 0 unspecified atom stereocenters. The molecule has 0 aliphatic rings. The second-order valence-corrected chi connectivity index (χ2v) is 4.13. The number of hydrogen-bond donors (Lipinski definition) is 0. The first kappa shape index (κ1) is 13.8. The maximum Gasteiger partial charge on any atom is 0.345 e. The average Bonchev–Trinajstić information content (AvgIpc) is 2.49. The van der Waals surface area contributed by atoms with Crippen LogP contribution in [0.15, 0.2) is 24.3 Å². The summed E-state index contributed by atoms with van der Waals surface area (Å²) in [6, 6.07) is 6.50. The summed E-state index contributed by atoms with van der Waals surface area (Å²) in [5.41, 5.74) is 0.349. The number of esters is 2. The van der Waals surface area contributed by atoms with Gasteiger partial charge in [0.2, 0.25) is 11.2 Å². The highest BCUT2D eigenvalue weighted by molar-refractivity contribution is 6.11. The number of hydrogen-bond acceptors (Lipinski definition) is 5. The minimum Gasteiger partial charge on any atom is -0.618 e. The van der Waals surface area contributed by atoms with Crippen molar-refractivity contribution >= 4 is 22.8 Å². The van der Waals surface area contributed by atoms with Gasteiger partial charge in [-0.1, -0.05) is 12.1 Å². The fourth-order valence-corrected chi connectivity index (χ4v) is 2.13. The van der Waals surface area contributed by atoms with E-state index in [0.29, 0.717) is 10.1 Å². The molecule has 2 aromatic rings. The van der Waals surface area contributed by atoms with Gasteiger partial charge in [0.25, 0.3) is 0 Å². The lowest BCUT2D eigenvalue weighted by Gasteiger charge is -2.13. The van der Waals surface area contributed by atoms with Gasteiger partial charge < -0.3 is 14.7 Å². The molecule has 0 bridgehead atoms. The Morgan fingerprint density at radius 3 is 2.20 bits per heavy atom. The molecule has 6 nitrogen and oxygen atoms in total. The Morgan fingerprint density at radius 1 is 1.05 bits per heavy atom. The fraction of sp³-hybridized carbons (Fsp3) is 0.214. The number of aromatic nitrogens is 1. The third-order valence-corrected chi connectivity index (χ3v) is 3.09. The molecule has 0 N–H and O–H groups in total. The van der Waals surface area contributed by atoms with Crippen molar-refractivity contribution in [3.63, 3.8) is 0 Å². The molecule has 2 rings (SSSR count).